The topological polar surface area (TPSA) is 61.7 Å². The standard InChI is InChI=1S/C13H12N2O2S/c1-2-6-14-13-15-12(17)11(18-13)8-9-4-3-5-10(16)7-9/h2-5,7-8,16H,1,6H2,(H,14,15,17)/b11-8-. The van der Waals surface area contributed by atoms with Crippen LogP contribution in [0, 0.1) is 0 Å². The zero-order chi connectivity index (χ0) is 13.0. The lowest BCUT2D eigenvalue weighted by Gasteiger charge is -1.95. The summed E-state index contributed by atoms with van der Waals surface area (Å²) in [6.45, 7) is 4.04. The third kappa shape index (κ3) is 3.01. The zero-order valence-electron chi connectivity index (χ0n) is 9.59. The van der Waals surface area contributed by atoms with Gasteiger partial charge in [0.05, 0.1) is 11.4 Å². The first-order valence-corrected chi connectivity index (χ1v) is 6.16. The highest BCUT2D eigenvalue weighted by molar-refractivity contribution is 8.18. The maximum Gasteiger partial charge on any atom is 0.264 e. The highest BCUT2D eigenvalue weighted by atomic mass is 32.2. The summed E-state index contributed by atoms with van der Waals surface area (Å²) in [7, 11) is 0. The van der Waals surface area contributed by atoms with Gasteiger partial charge in [-0.3, -0.25) is 9.79 Å². The number of aromatic hydroxyl groups is 1. The molecule has 92 valence electrons. The Hall–Kier alpha value is -2.01. The molecule has 1 aliphatic rings. The quantitative estimate of drug-likeness (QED) is 0.646. The van der Waals surface area contributed by atoms with E-state index in [-0.39, 0.29) is 11.7 Å². The van der Waals surface area contributed by atoms with E-state index >= 15 is 0 Å². The molecular formula is C13H12N2O2S. The molecule has 0 unspecified atom stereocenters. The molecule has 0 saturated carbocycles. The number of rotatable bonds is 3. The number of phenolic OH excluding ortho intramolecular Hbond substituents is 1. The van der Waals surface area contributed by atoms with Crippen molar-refractivity contribution >= 4 is 28.9 Å². The van der Waals surface area contributed by atoms with Gasteiger partial charge in [0.25, 0.3) is 5.91 Å². The molecule has 0 aromatic heterocycles. The van der Waals surface area contributed by atoms with E-state index in [1.54, 1.807) is 30.4 Å². The second kappa shape index (κ2) is 5.55. The summed E-state index contributed by atoms with van der Waals surface area (Å²) in [4.78, 5) is 16.4. The number of nitrogens with one attached hydrogen (secondary N) is 1. The van der Waals surface area contributed by atoms with Crippen LogP contribution in [-0.2, 0) is 4.79 Å². The van der Waals surface area contributed by atoms with Gasteiger partial charge in [0.15, 0.2) is 5.17 Å². The predicted octanol–water partition coefficient (Wildman–Crippen LogP) is 2.14. The Bertz CT molecular complexity index is 550. The third-order valence-electron chi connectivity index (χ3n) is 2.18. The average molecular weight is 260 g/mol. The lowest BCUT2D eigenvalue weighted by atomic mass is 10.2. The minimum Gasteiger partial charge on any atom is -0.508 e. The van der Waals surface area contributed by atoms with Gasteiger partial charge >= 0.3 is 0 Å². The number of nitrogens with zero attached hydrogens (tertiary/aromatic N) is 1. The number of amides is 1. The van der Waals surface area contributed by atoms with Crippen LogP contribution in [0.25, 0.3) is 6.08 Å². The third-order valence-corrected chi connectivity index (χ3v) is 3.13. The maximum atomic E-state index is 11.7. The molecule has 2 N–H and O–H groups in total. The zero-order valence-corrected chi connectivity index (χ0v) is 10.4. The lowest BCUT2D eigenvalue weighted by Crippen LogP contribution is -2.19. The number of carbonyl (C=O) groups is 1. The minimum atomic E-state index is -0.175. The molecule has 1 fully saturated rings. The largest absolute Gasteiger partial charge is 0.508 e. The van der Waals surface area contributed by atoms with Crippen molar-refractivity contribution in [1.82, 2.24) is 5.32 Å². The van der Waals surface area contributed by atoms with Gasteiger partial charge in [-0.2, -0.15) is 0 Å². The number of aliphatic imine (C=N–C) groups is 1. The summed E-state index contributed by atoms with van der Waals surface area (Å²) >= 11 is 1.28. The van der Waals surface area contributed by atoms with Crippen LogP contribution >= 0.6 is 11.8 Å². The summed E-state index contributed by atoms with van der Waals surface area (Å²) in [6.07, 6.45) is 3.38. The van der Waals surface area contributed by atoms with Gasteiger partial charge < -0.3 is 10.4 Å². The Kier molecular flexibility index (Phi) is 3.84. The molecule has 1 aromatic carbocycles. The molecule has 0 aliphatic carbocycles. The number of hydrogen-bond donors (Lipinski definition) is 2. The monoisotopic (exact) mass is 260 g/mol. The SMILES string of the molecule is C=CCN=C1NC(=O)/C(=C/c2cccc(O)c2)S1. The Morgan fingerprint density at radius 1 is 1.50 bits per heavy atom. The van der Waals surface area contributed by atoms with Crippen molar-refractivity contribution in [3.05, 3.63) is 47.4 Å². The Morgan fingerprint density at radius 2 is 2.33 bits per heavy atom. The van der Waals surface area contributed by atoms with Crippen LogP contribution in [0.3, 0.4) is 0 Å². The molecule has 0 bridgehead atoms. The summed E-state index contributed by atoms with van der Waals surface area (Å²) in [5.41, 5.74) is 0.776. The Labute approximate surface area is 109 Å². The number of hydrogen-bond acceptors (Lipinski definition) is 4. The van der Waals surface area contributed by atoms with Crippen LogP contribution in [-0.4, -0.2) is 22.7 Å². The van der Waals surface area contributed by atoms with Crippen molar-refractivity contribution in [2.75, 3.05) is 6.54 Å². The van der Waals surface area contributed by atoms with Gasteiger partial charge in [-0.05, 0) is 35.5 Å². The Balaban J connectivity index is 2.19. The van der Waals surface area contributed by atoms with E-state index in [4.69, 9.17) is 0 Å². The van der Waals surface area contributed by atoms with Crippen LogP contribution in [0.15, 0.2) is 46.8 Å². The van der Waals surface area contributed by atoms with Crippen LogP contribution in [0.1, 0.15) is 5.56 Å². The van der Waals surface area contributed by atoms with Gasteiger partial charge in [0.1, 0.15) is 5.75 Å². The summed E-state index contributed by atoms with van der Waals surface area (Å²) in [5.74, 6) is -0.000502. The van der Waals surface area contributed by atoms with E-state index in [2.05, 4.69) is 16.9 Å². The van der Waals surface area contributed by atoms with Gasteiger partial charge in [-0.25, -0.2) is 0 Å². The molecule has 1 saturated heterocycles. The van der Waals surface area contributed by atoms with Crippen molar-refractivity contribution in [1.29, 1.82) is 0 Å². The number of thioether (sulfide) groups is 1. The van der Waals surface area contributed by atoms with Crippen molar-refractivity contribution in [3.63, 3.8) is 0 Å². The first-order chi connectivity index (χ1) is 8.69. The van der Waals surface area contributed by atoms with Crippen molar-refractivity contribution < 1.29 is 9.90 Å². The van der Waals surface area contributed by atoms with Gasteiger partial charge in [-0.15, -0.1) is 6.58 Å². The number of phenols is 1. The summed E-state index contributed by atoms with van der Waals surface area (Å²) in [6, 6.07) is 6.73. The van der Waals surface area contributed by atoms with Crippen LogP contribution in [0.4, 0.5) is 0 Å². The maximum absolute atomic E-state index is 11.7. The van der Waals surface area contributed by atoms with E-state index in [1.807, 2.05) is 6.07 Å². The van der Waals surface area contributed by atoms with Crippen molar-refractivity contribution in [2.45, 2.75) is 0 Å². The van der Waals surface area contributed by atoms with Crippen LogP contribution < -0.4 is 5.32 Å². The molecule has 18 heavy (non-hydrogen) atoms. The smallest absolute Gasteiger partial charge is 0.264 e. The van der Waals surface area contributed by atoms with Crippen LogP contribution in [0.2, 0.25) is 0 Å². The lowest BCUT2D eigenvalue weighted by molar-refractivity contribution is -0.115. The van der Waals surface area contributed by atoms with Gasteiger partial charge in [0.2, 0.25) is 0 Å². The minimum absolute atomic E-state index is 0.174. The molecule has 4 nitrogen and oxygen atoms in total. The molecule has 1 heterocycles. The first kappa shape index (κ1) is 12.4. The fourth-order valence-corrected chi connectivity index (χ4v) is 2.24. The van der Waals surface area contributed by atoms with E-state index < -0.39 is 0 Å². The second-order valence-corrected chi connectivity index (χ2v) is 4.62. The van der Waals surface area contributed by atoms with E-state index in [0.29, 0.717) is 16.6 Å². The molecule has 0 atom stereocenters. The molecule has 1 amide bonds. The van der Waals surface area contributed by atoms with Crippen molar-refractivity contribution in [3.8, 4) is 5.75 Å². The summed E-state index contributed by atoms with van der Waals surface area (Å²) < 4.78 is 0. The number of amidine groups is 1. The average Bonchev–Trinajstić information content (AvgIpc) is 2.68. The van der Waals surface area contributed by atoms with E-state index in [1.165, 1.54) is 11.8 Å². The van der Waals surface area contributed by atoms with E-state index in [0.717, 1.165) is 5.56 Å². The molecule has 0 radical (unpaired) electrons. The molecule has 0 spiro atoms. The van der Waals surface area contributed by atoms with Gasteiger partial charge in [0, 0.05) is 0 Å². The molecule has 2 rings (SSSR count). The highest BCUT2D eigenvalue weighted by Gasteiger charge is 2.23. The molecular weight excluding hydrogens is 248 g/mol. The van der Waals surface area contributed by atoms with Crippen molar-refractivity contribution in [2.24, 2.45) is 4.99 Å². The second-order valence-electron chi connectivity index (χ2n) is 3.59. The van der Waals surface area contributed by atoms with Crippen LogP contribution in [0.5, 0.6) is 5.75 Å². The normalized spacial score (nSPS) is 19.2. The first-order valence-electron chi connectivity index (χ1n) is 5.34. The highest BCUT2D eigenvalue weighted by Crippen LogP contribution is 2.26. The predicted molar refractivity (Wildman–Crippen MR) is 74.3 cm³/mol. The fraction of sp³-hybridized carbons (Fsp3) is 0.0769. The fourth-order valence-electron chi connectivity index (χ4n) is 1.41. The molecule has 5 heteroatoms. The molecule has 1 aromatic rings. The Morgan fingerprint density at radius 3 is 3.06 bits per heavy atom. The van der Waals surface area contributed by atoms with Gasteiger partial charge in [-0.1, -0.05) is 18.2 Å². The number of carbonyl (C=O) groups excluding carboxylic acids is 1. The summed E-state index contributed by atoms with van der Waals surface area (Å²) in [5, 5.41) is 12.6. The van der Waals surface area contributed by atoms with E-state index in [9.17, 15) is 9.90 Å². The number of benzene rings is 1. The molecule has 1 aliphatic heterocycles.